The summed E-state index contributed by atoms with van der Waals surface area (Å²) in [5, 5.41) is 12.1. The average molecular weight is 863 g/mol. The highest BCUT2D eigenvalue weighted by Crippen LogP contribution is 2.51. The smallest absolute Gasteiger partial charge is 0.0346 e. The Hall–Kier alpha value is -8.98. The molecule has 0 fully saturated rings. The number of hydrogen-bond acceptors (Lipinski definition) is 2. The Bertz CT molecular complexity index is 4050. The summed E-state index contributed by atoms with van der Waals surface area (Å²) in [5.74, 6) is 0. The maximum atomic E-state index is 4.52. The number of hydrogen-bond donors (Lipinski definition) is 0. The molecular formula is C66H42N2. The molecule has 68 heavy (non-hydrogen) atoms. The van der Waals surface area contributed by atoms with E-state index in [1.165, 1.54) is 98.4 Å². The lowest BCUT2D eigenvalue weighted by Crippen LogP contribution is -1.96. The van der Waals surface area contributed by atoms with E-state index in [4.69, 9.17) is 0 Å². The van der Waals surface area contributed by atoms with Gasteiger partial charge in [0, 0.05) is 35.9 Å². The lowest BCUT2D eigenvalue weighted by molar-refractivity contribution is 1.33. The fourth-order valence-electron chi connectivity index (χ4n) is 10.7. The summed E-state index contributed by atoms with van der Waals surface area (Å²) in [7, 11) is 0. The van der Waals surface area contributed by atoms with E-state index < -0.39 is 0 Å². The summed E-state index contributed by atoms with van der Waals surface area (Å²) >= 11 is 0. The molecule has 0 aliphatic heterocycles. The second-order valence-electron chi connectivity index (χ2n) is 17.7. The molecular weight excluding hydrogens is 821 g/mol. The number of rotatable bonds is 7. The molecule has 0 unspecified atom stereocenters. The van der Waals surface area contributed by atoms with Gasteiger partial charge in [0.25, 0.3) is 0 Å². The van der Waals surface area contributed by atoms with Crippen molar-refractivity contribution in [3.63, 3.8) is 0 Å². The Morgan fingerprint density at radius 2 is 0.632 bits per heavy atom. The second-order valence-corrected chi connectivity index (χ2v) is 17.7. The number of aromatic nitrogens is 2. The quantitative estimate of drug-likeness (QED) is 0.118. The summed E-state index contributed by atoms with van der Waals surface area (Å²) in [6.07, 6.45) is 7.59. The van der Waals surface area contributed by atoms with Gasteiger partial charge in [-0.05, 0) is 169 Å². The van der Waals surface area contributed by atoms with Crippen LogP contribution < -0.4 is 0 Å². The maximum absolute atomic E-state index is 4.52. The first-order chi connectivity index (χ1) is 33.7. The molecule has 0 bridgehead atoms. The third-order valence-corrected chi connectivity index (χ3v) is 13.8. The van der Waals surface area contributed by atoms with Crippen LogP contribution in [0.4, 0.5) is 0 Å². The number of fused-ring (bicyclic) bond motifs is 6. The van der Waals surface area contributed by atoms with Crippen molar-refractivity contribution in [2.75, 3.05) is 0 Å². The van der Waals surface area contributed by atoms with E-state index in [0.29, 0.717) is 0 Å². The first kappa shape index (κ1) is 39.4. The minimum atomic E-state index is 1.08. The molecule has 2 nitrogen and oxygen atoms in total. The van der Waals surface area contributed by atoms with Gasteiger partial charge in [0.2, 0.25) is 0 Å². The van der Waals surface area contributed by atoms with Crippen molar-refractivity contribution in [2.24, 2.45) is 0 Å². The molecule has 0 amide bonds. The Morgan fingerprint density at radius 1 is 0.191 bits per heavy atom. The number of nitrogens with zero attached hydrogens (tertiary/aromatic N) is 2. The Labute approximate surface area is 395 Å². The number of benzene rings is 11. The monoisotopic (exact) mass is 862 g/mol. The molecule has 316 valence electrons. The van der Waals surface area contributed by atoms with Crippen LogP contribution in [0.15, 0.2) is 255 Å². The molecule has 0 atom stereocenters. The van der Waals surface area contributed by atoms with E-state index >= 15 is 0 Å². The summed E-state index contributed by atoms with van der Waals surface area (Å²) < 4.78 is 0. The summed E-state index contributed by atoms with van der Waals surface area (Å²) in [6.45, 7) is 0. The van der Waals surface area contributed by atoms with Crippen molar-refractivity contribution in [1.29, 1.82) is 0 Å². The molecule has 0 saturated heterocycles. The van der Waals surface area contributed by atoms with Gasteiger partial charge in [-0.25, -0.2) is 0 Å². The summed E-state index contributed by atoms with van der Waals surface area (Å²) in [4.78, 5) is 9.04. The van der Waals surface area contributed by atoms with Crippen LogP contribution in [-0.4, -0.2) is 9.97 Å². The average Bonchev–Trinajstić information content (AvgIpc) is 3.42. The van der Waals surface area contributed by atoms with Crippen molar-refractivity contribution < 1.29 is 0 Å². The molecule has 0 aliphatic rings. The maximum Gasteiger partial charge on any atom is 0.0346 e. The summed E-state index contributed by atoms with van der Waals surface area (Å²) in [5.41, 5.74) is 16.3. The van der Waals surface area contributed by atoms with Crippen LogP contribution in [0.3, 0.4) is 0 Å². The van der Waals surface area contributed by atoms with Gasteiger partial charge in [-0.3, -0.25) is 9.97 Å². The molecule has 0 aliphatic carbocycles. The van der Waals surface area contributed by atoms with E-state index in [1.54, 1.807) is 0 Å². The highest BCUT2D eigenvalue weighted by Gasteiger charge is 2.24. The molecule has 0 N–H and O–H groups in total. The van der Waals surface area contributed by atoms with Crippen LogP contribution in [0.1, 0.15) is 0 Å². The fourth-order valence-corrected chi connectivity index (χ4v) is 10.7. The zero-order valence-electron chi connectivity index (χ0n) is 37.1. The van der Waals surface area contributed by atoms with Crippen LogP contribution in [-0.2, 0) is 0 Å². The van der Waals surface area contributed by atoms with Crippen LogP contribution >= 0.6 is 0 Å². The number of pyridine rings is 2. The molecule has 0 radical (unpaired) electrons. The van der Waals surface area contributed by atoms with Crippen molar-refractivity contribution in [3.05, 3.63) is 255 Å². The zero-order chi connectivity index (χ0) is 45.0. The lowest BCUT2D eigenvalue weighted by atomic mass is 9.80. The molecule has 0 spiro atoms. The van der Waals surface area contributed by atoms with E-state index in [9.17, 15) is 0 Å². The third-order valence-electron chi connectivity index (χ3n) is 13.8. The van der Waals surface area contributed by atoms with Gasteiger partial charge in [0.1, 0.15) is 0 Å². The molecule has 0 saturated carbocycles. The van der Waals surface area contributed by atoms with Gasteiger partial charge in [-0.15, -0.1) is 0 Å². The molecule has 2 heteroatoms. The Balaban J connectivity index is 1.23. The van der Waals surface area contributed by atoms with Crippen molar-refractivity contribution in [2.45, 2.75) is 0 Å². The topological polar surface area (TPSA) is 25.8 Å². The minimum absolute atomic E-state index is 1.08. The molecule has 13 rings (SSSR count). The normalized spacial score (nSPS) is 11.5. The van der Waals surface area contributed by atoms with Crippen molar-refractivity contribution in [1.82, 2.24) is 9.97 Å². The minimum Gasteiger partial charge on any atom is -0.264 e. The Morgan fingerprint density at radius 3 is 1.29 bits per heavy atom. The first-order valence-electron chi connectivity index (χ1n) is 23.3. The first-order valence-corrected chi connectivity index (χ1v) is 23.3. The lowest BCUT2D eigenvalue weighted by Gasteiger charge is -2.23. The molecule has 11 aromatic carbocycles. The zero-order valence-corrected chi connectivity index (χ0v) is 37.1. The SMILES string of the molecule is c1ccc(-c2ccc3c(-c4cccc(-c5cccnc5)c4)c4cc5c(-c6ccccc6)c(-c6ccc7ccccc7c6)c6ccccc6c5cc4c(-c4cccc(-c5cccnc5)c4)c3c2)cc1. The van der Waals surface area contributed by atoms with Gasteiger partial charge in [0.15, 0.2) is 0 Å². The van der Waals surface area contributed by atoms with Gasteiger partial charge in [-0.2, -0.15) is 0 Å². The van der Waals surface area contributed by atoms with Gasteiger partial charge >= 0.3 is 0 Å². The fraction of sp³-hybridized carbons (Fsp3) is 0. The highest BCUT2D eigenvalue weighted by atomic mass is 14.6. The third kappa shape index (κ3) is 6.73. The predicted octanol–water partition coefficient (Wildman–Crippen LogP) is 17.9. The molecule has 13 aromatic rings. The van der Waals surface area contributed by atoms with Crippen LogP contribution in [0, 0.1) is 0 Å². The van der Waals surface area contributed by atoms with Crippen LogP contribution in [0.2, 0.25) is 0 Å². The van der Waals surface area contributed by atoms with E-state index in [0.717, 1.165) is 33.4 Å². The predicted molar refractivity (Wildman–Crippen MR) is 288 cm³/mol. The van der Waals surface area contributed by atoms with Crippen LogP contribution in [0.5, 0.6) is 0 Å². The van der Waals surface area contributed by atoms with Gasteiger partial charge < -0.3 is 0 Å². The van der Waals surface area contributed by atoms with Crippen molar-refractivity contribution >= 4 is 53.9 Å². The van der Waals surface area contributed by atoms with Gasteiger partial charge in [0.05, 0.1) is 0 Å². The van der Waals surface area contributed by atoms with Gasteiger partial charge in [-0.1, -0.05) is 182 Å². The molecule has 2 heterocycles. The van der Waals surface area contributed by atoms with E-state index in [-0.39, 0.29) is 0 Å². The highest BCUT2D eigenvalue weighted by molar-refractivity contribution is 6.29. The Kier molecular flexibility index (Phi) is 9.54. The van der Waals surface area contributed by atoms with Crippen molar-refractivity contribution in [3.8, 4) is 77.9 Å². The van der Waals surface area contributed by atoms with E-state index in [1.807, 2.05) is 36.9 Å². The summed E-state index contributed by atoms with van der Waals surface area (Å²) in [6, 6.07) is 84.9. The van der Waals surface area contributed by atoms with E-state index in [2.05, 4.69) is 228 Å². The largest absolute Gasteiger partial charge is 0.264 e. The molecule has 2 aromatic heterocycles. The standard InChI is InChI=1S/C66H42N2/c1-3-15-43(16-4-1)49-31-32-57-59(38-49)64(51-24-12-22-48(37-51)54-26-14-34-68-42-54)61-39-58-55-27-9-10-28-56(55)66(52-30-29-44-17-7-8-20-46(44)35-52)65(45-18-5-2-6-19-45)60(58)40-62(61)63(57)50-23-11-21-47(36-50)53-25-13-33-67-41-53/h1-42H. The van der Waals surface area contributed by atoms with Crippen LogP contribution in [0.25, 0.3) is 132 Å². The second kappa shape index (κ2) is 16.5.